The van der Waals surface area contributed by atoms with Crippen LogP contribution in [0.2, 0.25) is 0 Å². The number of hydrogen-bond acceptors (Lipinski definition) is 5. The summed E-state index contributed by atoms with van der Waals surface area (Å²) >= 11 is 0. The van der Waals surface area contributed by atoms with Gasteiger partial charge in [-0.15, -0.1) is 0 Å². The summed E-state index contributed by atoms with van der Waals surface area (Å²) < 4.78 is 32.8. The number of morpholine rings is 1. The Hall–Kier alpha value is -1.28. The zero-order chi connectivity index (χ0) is 17.0. The Morgan fingerprint density at radius 3 is 2.30 bits per heavy atom. The van der Waals surface area contributed by atoms with Crippen LogP contribution in [-0.4, -0.2) is 57.5 Å². The second-order valence-corrected chi connectivity index (χ2v) is 7.76. The maximum absolute atomic E-state index is 12.2. The maximum Gasteiger partial charge on any atom is 0.240 e. The summed E-state index contributed by atoms with van der Waals surface area (Å²) in [5, 5.41) is 0. The fourth-order valence-corrected chi connectivity index (χ4v) is 3.78. The number of rotatable bonds is 6. The Labute approximate surface area is 137 Å². The summed E-state index contributed by atoms with van der Waals surface area (Å²) in [5.41, 5.74) is 0.500. The van der Waals surface area contributed by atoms with E-state index in [1.165, 1.54) is 31.2 Å². The van der Waals surface area contributed by atoms with Crippen molar-refractivity contribution < 1.29 is 17.9 Å². The van der Waals surface area contributed by atoms with Gasteiger partial charge in [-0.25, -0.2) is 13.1 Å². The zero-order valence-corrected chi connectivity index (χ0v) is 14.6. The molecule has 7 heteroatoms. The lowest BCUT2D eigenvalue weighted by molar-refractivity contribution is -0.0671. The van der Waals surface area contributed by atoms with Crippen molar-refractivity contribution in [3.8, 4) is 0 Å². The number of hydrogen-bond donors (Lipinski definition) is 1. The molecule has 1 heterocycles. The highest BCUT2D eigenvalue weighted by Crippen LogP contribution is 2.12. The van der Waals surface area contributed by atoms with Gasteiger partial charge < -0.3 is 4.74 Å². The lowest BCUT2D eigenvalue weighted by atomic mass is 10.2. The highest BCUT2D eigenvalue weighted by atomic mass is 32.2. The van der Waals surface area contributed by atoms with Gasteiger partial charge in [0.15, 0.2) is 5.78 Å². The number of carbonyl (C=O) groups excluding carboxylic acids is 1. The first-order valence-electron chi connectivity index (χ1n) is 7.76. The minimum absolute atomic E-state index is 0.0857. The van der Waals surface area contributed by atoms with E-state index in [0.29, 0.717) is 18.7 Å². The van der Waals surface area contributed by atoms with Crippen LogP contribution in [0.25, 0.3) is 0 Å². The highest BCUT2D eigenvalue weighted by Gasteiger charge is 2.22. The SMILES string of the molecule is CC(=O)c1ccc(S(=O)(=O)NCCN2CC(C)OC(C)C2)cc1. The van der Waals surface area contributed by atoms with Gasteiger partial charge in [0.1, 0.15) is 0 Å². The lowest BCUT2D eigenvalue weighted by Crippen LogP contribution is -2.47. The van der Waals surface area contributed by atoms with Crippen LogP contribution in [0.15, 0.2) is 29.2 Å². The molecule has 23 heavy (non-hydrogen) atoms. The number of nitrogens with one attached hydrogen (secondary N) is 1. The number of sulfonamides is 1. The molecule has 0 radical (unpaired) electrons. The molecule has 1 N–H and O–H groups in total. The van der Waals surface area contributed by atoms with E-state index in [1.807, 2.05) is 13.8 Å². The molecule has 1 aromatic rings. The molecule has 128 valence electrons. The molecule has 0 aromatic heterocycles. The van der Waals surface area contributed by atoms with Crippen molar-refractivity contribution in [1.82, 2.24) is 9.62 Å². The van der Waals surface area contributed by atoms with Crippen molar-refractivity contribution in [3.63, 3.8) is 0 Å². The fraction of sp³-hybridized carbons (Fsp3) is 0.562. The van der Waals surface area contributed by atoms with E-state index in [-0.39, 0.29) is 22.9 Å². The lowest BCUT2D eigenvalue weighted by Gasteiger charge is -2.35. The Morgan fingerprint density at radius 1 is 1.22 bits per heavy atom. The third kappa shape index (κ3) is 5.10. The van der Waals surface area contributed by atoms with Gasteiger partial charge >= 0.3 is 0 Å². The molecule has 1 saturated heterocycles. The normalized spacial score (nSPS) is 22.9. The summed E-state index contributed by atoms with van der Waals surface area (Å²) in [5.74, 6) is -0.0857. The second kappa shape index (κ2) is 7.53. The standard InChI is InChI=1S/C16H24N2O4S/c1-12-10-18(11-13(2)22-12)9-8-17-23(20,21)16-6-4-15(5-7-16)14(3)19/h4-7,12-13,17H,8-11H2,1-3H3. The van der Waals surface area contributed by atoms with Gasteiger partial charge in [-0.3, -0.25) is 9.69 Å². The van der Waals surface area contributed by atoms with Gasteiger partial charge in [-0.1, -0.05) is 12.1 Å². The van der Waals surface area contributed by atoms with E-state index < -0.39 is 10.0 Å². The Morgan fingerprint density at radius 2 is 1.78 bits per heavy atom. The number of benzene rings is 1. The average molecular weight is 340 g/mol. The molecule has 0 amide bonds. The topological polar surface area (TPSA) is 75.7 Å². The summed E-state index contributed by atoms with van der Waals surface area (Å²) in [6.45, 7) is 8.08. The van der Waals surface area contributed by atoms with Crippen LogP contribution < -0.4 is 4.72 Å². The molecule has 1 fully saturated rings. The van der Waals surface area contributed by atoms with Crippen LogP contribution in [0.5, 0.6) is 0 Å². The third-order valence-corrected chi connectivity index (χ3v) is 5.26. The summed E-state index contributed by atoms with van der Waals surface area (Å²) in [6.07, 6.45) is 0.323. The Balaban J connectivity index is 1.90. The van der Waals surface area contributed by atoms with Crippen LogP contribution in [-0.2, 0) is 14.8 Å². The van der Waals surface area contributed by atoms with Crippen LogP contribution in [0, 0.1) is 0 Å². The van der Waals surface area contributed by atoms with Gasteiger partial charge in [-0.2, -0.15) is 0 Å². The van der Waals surface area contributed by atoms with E-state index in [9.17, 15) is 13.2 Å². The third-order valence-electron chi connectivity index (χ3n) is 3.79. The van der Waals surface area contributed by atoms with Crippen LogP contribution in [0.3, 0.4) is 0 Å². The Kier molecular flexibility index (Phi) is 5.91. The minimum atomic E-state index is -3.55. The molecule has 1 aromatic carbocycles. The monoisotopic (exact) mass is 340 g/mol. The number of ketones is 1. The predicted octanol–water partition coefficient (Wildman–Crippen LogP) is 1.28. The molecule has 2 atom stereocenters. The van der Waals surface area contributed by atoms with Crippen molar-refractivity contribution in [3.05, 3.63) is 29.8 Å². The molecular formula is C16H24N2O4S. The predicted molar refractivity (Wildman–Crippen MR) is 88.1 cm³/mol. The van der Waals surface area contributed by atoms with Crippen molar-refractivity contribution in [2.24, 2.45) is 0 Å². The average Bonchev–Trinajstić information content (AvgIpc) is 2.46. The molecule has 0 bridgehead atoms. The summed E-state index contributed by atoms with van der Waals surface area (Å²) in [6, 6.07) is 5.97. The molecule has 2 unspecified atom stereocenters. The van der Waals surface area contributed by atoms with E-state index >= 15 is 0 Å². The number of nitrogens with zero attached hydrogens (tertiary/aromatic N) is 1. The van der Waals surface area contributed by atoms with Gasteiger partial charge in [0, 0.05) is 31.7 Å². The van der Waals surface area contributed by atoms with E-state index in [2.05, 4.69) is 9.62 Å². The van der Waals surface area contributed by atoms with Gasteiger partial charge in [0.2, 0.25) is 10.0 Å². The number of Topliss-reactive ketones (excluding diaryl/α,β-unsaturated/α-hetero) is 1. The molecule has 1 aliphatic heterocycles. The van der Waals surface area contributed by atoms with Crippen LogP contribution >= 0.6 is 0 Å². The summed E-state index contributed by atoms with van der Waals surface area (Å²) in [7, 11) is -3.55. The first kappa shape index (κ1) is 18.1. The quantitative estimate of drug-likeness (QED) is 0.790. The molecular weight excluding hydrogens is 316 g/mol. The first-order valence-corrected chi connectivity index (χ1v) is 9.25. The van der Waals surface area contributed by atoms with Crippen molar-refractivity contribution in [2.45, 2.75) is 37.9 Å². The van der Waals surface area contributed by atoms with Crippen molar-refractivity contribution in [1.29, 1.82) is 0 Å². The largest absolute Gasteiger partial charge is 0.373 e. The molecule has 0 aliphatic carbocycles. The fourth-order valence-electron chi connectivity index (χ4n) is 2.76. The molecule has 6 nitrogen and oxygen atoms in total. The first-order chi connectivity index (χ1) is 10.8. The van der Waals surface area contributed by atoms with E-state index in [4.69, 9.17) is 4.74 Å². The van der Waals surface area contributed by atoms with Crippen LogP contribution in [0.1, 0.15) is 31.1 Å². The highest BCUT2D eigenvalue weighted by molar-refractivity contribution is 7.89. The van der Waals surface area contributed by atoms with Gasteiger partial charge in [0.05, 0.1) is 17.1 Å². The van der Waals surface area contributed by atoms with Crippen LogP contribution in [0.4, 0.5) is 0 Å². The number of ether oxygens (including phenoxy) is 1. The van der Waals surface area contributed by atoms with Crippen molar-refractivity contribution in [2.75, 3.05) is 26.2 Å². The maximum atomic E-state index is 12.2. The van der Waals surface area contributed by atoms with E-state index in [0.717, 1.165) is 13.1 Å². The molecule has 1 aliphatic rings. The summed E-state index contributed by atoms with van der Waals surface area (Å²) in [4.78, 5) is 13.6. The van der Waals surface area contributed by atoms with Gasteiger partial charge in [-0.05, 0) is 32.9 Å². The minimum Gasteiger partial charge on any atom is -0.373 e. The van der Waals surface area contributed by atoms with Crippen molar-refractivity contribution >= 4 is 15.8 Å². The Bertz CT molecular complexity index is 633. The molecule has 2 rings (SSSR count). The second-order valence-electron chi connectivity index (χ2n) is 6.00. The zero-order valence-electron chi connectivity index (χ0n) is 13.8. The van der Waals surface area contributed by atoms with Gasteiger partial charge in [0.25, 0.3) is 0 Å². The molecule has 0 saturated carbocycles. The number of carbonyl (C=O) groups is 1. The smallest absolute Gasteiger partial charge is 0.240 e. The van der Waals surface area contributed by atoms with E-state index in [1.54, 1.807) is 0 Å². The molecule has 0 spiro atoms.